The van der Waals surface area contributed by atoms with Gasteiger partial charge in [0.05, 0.1) is 5.41 Å². The second-order valence-electron chi connectivity index (χ2n) is 3.92. The largest absolute Gasteiger partial charge is 0.356 e. The van der Waals surface area contributed by atoms with Crippen LogP contribution in [0.2, 0.25) is 0 Å². The maximum Gasteiger partial charge on any atom is 0.227 e. The zero-order chi connectivity index (χ0) is 8.44. The van der Waals surface area contributed by atoms with Gasteiger partial charge >= 0.3 is 0 Å². The highest BCUT2D eigenvalue weighted by Crippen LogP contribution is 2.33. The third kappa shape index (κ3) is 1.22. The highest BCUT2D eigenvalue weighted by atomic mass is 16.2. The molecule has 3 heteroatoms. The zero-order valence-electron chi connectivity index (χ0n) is 7.36. The minimum absolute atomic E-state index is 0.0451. The summed E-state index contributed by atoms with van der Waals surface area (Å²) in [6.45, 7) is 2.77. The van der Waals surface area contributed by atoms with Crippen LogP contribution >= 0.6 is 0 Å². The molecule has 1 atom stereocenters. The van der Waals surface area contributed by atoms with Gasteiger partial charge in [0.1, 0.15) is 0 Å². The summed E-state index contributed by atoms with van der Waals surface area (Å²) in [6.07, 6.45) is 4.44. The SMILES string of the molecule is O=C1NCCCC[C@]12CCNC2. The van der Waals surface area contributed by atoms with Crippen molar-refractivity contribution in [1.82, 2.24) is 10.6 Å². The van der Waals surface area contributed by atoms with E-state index in [9.17, 15) is 4.79 Å². The lowest BCUT2D eigenvalue weighted by atomic mass is 9.82. The smallest absolute Gasteiger partial charge is 0.227 e. The van der Waals surface area contributed by atoms with Gasteiger partial charge in [0.25, 0.3) is 0 Å². The lowest BCUT2D eigenvalue weighted by molar-refractivity contribution is -0.129. The van der Waals surface area contributed by atoms with Crippen LogP contribution in [0.4, 0.5) is 0 Å². The van der Waals surface area contributed by atoms with Gasteiger partial charge in [-0.15, -0.1) is 0 Å². The van der Waals surface area contributed by atoms with Crippen molar-refractivity contribution in [1.29, 1.82) is 0 Å². The average molecular weight is 168 g/mol. The van der Waals surface area contributed by atoms with Crippen molar-refractivity contribution < 1.29 is 4.79 Å². The van der Waals surface area contributed by atoms with Crippen LogP contribution in [0.1, 0.15) is 25.7 Å². The molecular weight excluding hydrogens is 152 g/mol. The van der Waals surface area contributed by atoms with E-state index in [1.54, 1.807) is 0 Å². The van der Waals surface area contributed by atoms with Gasteiger partial charge in [-0.2, -0.15) is 0 Å². The second kappa shape index (κ2) is 3.05. The highest BCUT2D eigenvalue weighted by molar-refractivity contribution is 5.83. The molecule has 0 aromatic carbocycles. The van der Waals surface area contributed by atoms with Crippen molar-refractivity contribution >= 4 is 5.91 Å². The summed E-state index contributed by atoms with van der Waals surface area (Å²) < 4.78 is 0. The molecule has 3 nitrogen and oxygen atoms in total. The Morgan fingerprint density at radius 2 is 2.08 bits per heavy atom. The van der Waals surface area contributed by atoms with Crippen LogP contribution < -0.4 is 10.6 Å². The van der Waals surface area contributed by atoms with E-state index in [1.807, 2.05) is 0 Å². The molecule has 0 aromatic heterocycles. The molecule has 0 unspecified atom stereocenters. The fraction of sp³-hybridized carbons (Fsp3) is 0.889. The summed E-state index contributed by atoms with van der Waals surface area (Å²) >= 11 is 0. The van der Waals surface area contributed by atoms with Crippen LogP contribution in [0.25, 0.3) is 0 Å². The van der Waals surface area contributed by atoms with E-state index in [2.05, 4.69) is 10.6 Å². The van der Waals surface area contributed by atoms with Crippen LogP contribution in [0.5, 0.6) is 0 Å². The number of rotatable bonds is 0. The Morgan fingerprint density at radius 3 is 2.83 bits per heavy atom. The van der Waals surface area contributed by atoms with Crippen molar-refractivity contribution in [3.63, 3.8) is 0 Å². The Balaban J connectivity index is 2.13. The molecule has 1 spiro atoms. The number of hydrogen-bond donors (Lipinski definition) is 2. The molecule has 2 heterocycles. The second-order valence-corrected chi connectivity index (χ2v) is 3.92. The molecule has 0 aromatic rings. The molecule has 2 rings (SSSR count). The van der Waals surface area contributed by atoms with Gasteiger partial charge in [-0.25, -0.2) is 0 Å². The van der Waals surface area contributed by atoms with E-state index in [0.717, 1.165) is 38.9 Å². The molecule has 2 N–H and O–H groups in total. The molecule has 0 radical (unpaired) electrons. The van der Waals surface area contributed by atoms with Crippen molar-refractivity contribution in [2.45, 2.75) is 25.7 Å². The molecular formula is C9H16N2O. The number of nitrogens with one attached hydrogen (secondary N) is 2. The van der Waals surface area contributed by atoms with Crippen LogP contribution in [0.3, 0.4) is 0 Å². The fourth-order valence-electron chi connectivity index (χ4n) is 2.24. The Kier molecular flexibility index (Phi) is 2.05. The predicted octanol–water partition coefficient (Wildman–Crippen LogP) is 0.266. The summed E-state index contributed by atoms with van der Waals surface area (Å²) in [5.41, 5.74) is -0.0451. The van der Waals surface area contributed by atoms with E-state index < -0.39 is 0 Å². The molecule has 2 fully saturated rings. The maximum absolute atomic E-state index is 11.7. The molecule has 2 aliphatic heterocycles. The fourth-order valence-corrected chi connectivity index (χ4v) is 2.24. The van der Waals surface area contributed by atoms with Crippen LogP contribution in [0.15, 0.2) is 0 Å². The van der Waals surface area contributed by atoms with Gasteiger partial charge in [-0.1, -0.05) is 6.42 Å². The van der Waals surface area contributed by atoms with Crippen molar-refractivity contribution in [3.05, 3.63) is 0 Å². The summed E-state index contributed by atoms with van der Waals surface area (Å²) in [5, 5.41) is 6.28. The summed E-state index contributed by atoms with van der Waals surface area (Å²) in [5.74, 6) is 0.282. The average Bonchev–Trinajstić information content (AvgIpc) is 2.45. The first kappa shape index (κ1) is 8.05. The van der Waals surface area contributed by atoms with Crippen molar-refractivity contribution in [3.8, 4) is 0 Å². The predicted molar refractivity (Wildman–Crippen MR) is 46.8 cm³/mol. The standard InChI is InChI=1S/C9H16N2O/c12-8-9(4-6-10-7-9)3-1-2-5-11-8/h10H,1-7H2,(H,11,12)/t9-/m1/s1. The first-order valence-electron chi connectivity index (χ1n) is 4.83. The molecule has 0 saturated carbocycles. The lowest BCUT2D eigenvalue weighted by Crippen LogP contribution is -2.40. The molecule has 2 aliphatic rings. The summed E-state index contributed by atoms with van der Waals surface area (Å²) in [6, 6.07) is 0. The molecule has 2 saturated heterocycles. The third-order valence-corrected chi connectivity index (χ3v) is 3.09. The minimum Gasteiger partial charge on any atom is -0.356 e. The van der Waals surface area contributed by atoms with Gasteiger partial charge in [-0.3, -0.25) is 4.79 Å². The van der Waals surface area contributed by atoms with Crippen LogP contribution in [0, 0.1) is 5.41 Å². The van der Waals surface area contributed by atoms with E-state index >= 15 is 0 Å². The molecule has 1 amide bonds. The number of hydrogen-bond acceptors (Lipinski definition) is 2. The van der Waals surface area contributed by atoms with Crippen molar-refractivity contribution in [2.24, 2.45) is 5.41 Å². The Bertz CT molecular complexity index is 185. The number of amides is 1. The Labute approximate surface area is 72.9 Å². The van der Waals surface area contributed by atoms with Gasteiger partial charge in [-0.05, 0) is 25.8 Å². The lowest BCUT2D eigenvalue weighted by Gasteiger charge is -2.23. The molecule has 0 bridgehead atoms. The summed E-state index contributed by atoms with van der Waals surface area (Å²) in [4.78, 5) is 11.7. The Hall–Kier alpha value is -0.570. The van der Waals surface area contributed by atoms with Gasteiger partial charge in [0, 0.05) is 13.1 Å². The Morgan fingerprint density at radius 1 is 1.17 bits per heavy atom. The van der Waals surface area contributed by atoms with Crippen LogP contribution in [-0.4, -0.2) is 25.5 Å². The molecule has 12 heavy (non-hydrogen) atoms. The third-order valence-electron chi connectivity index (χ3n) is 3.09. The van der Waals surface area contributed by atoms with Gasteiger partial charge < -0.3 is 10.6 Å². The number of carbonyl (C=O) groups is 1. The maximum atomic E-state index is 11.7. The monoisotopic (exact) mass is 168 g/mol. The first-order valence-corrected chi connectivity index (χ1v) is 4.83. The summed E-state index contributed by atoms with van der Waals surface area (Å²) in [7, 11) is 0. The van der Waals surface area contributed by atoms with E-state index in [-0.39, 0.29) is 11.3 Å². The van der Waals surface area contributed by atoms with E-state index in [4.69, 9.17) is 0 Å². The quantitative estimate of drug-likeness (QED) is 0.545. The highest BCUT2D eigenvalue weighted by Gasteiger charge is 2.41. The topological polar surface area (TPSA) is 41.1 Å². The van der Waals surface area contributed by atoms with Gasteiger partial charge in [0.2, 0.25) is 5.91 Å². The van der Waals surface area contributed by atoms with E-state index in [1.165, 1.54) is 6.42 Å². The zero-order valence-corrected chi connectivity index (χ0v) is 7.36. The first-order chi connectivity index (χ1) is 5.83. The number of carbonyl (C=O) groups excluding carboxylic acids is 1. The van der Waals surface area contributed by atoms with Crippen LogP contribution in [-0.2, 0) is 4.79 Å². The molecule has 0 aliphatic carbocycles. The minimum atomic E-state index is -0.0451. The van der Waals surface area contributed by atoms with Crippen molar-refractivity contribution in [2.75, 3.05) is 19.6 Å². The molecule has 68 valence electrons. The van der Waals surface area contributed by atoms with E-state index in [0.29, 0.717) is 0 Å². The van der Waals surface area contributed by atoms with Gasteiger partial charge in [0.15, 0.2) is 0 Å². The normalized spacial score (nSPS) is 36.5.